The molecule has 3 aromatic rings. The fourth-order valence-electron chi connectivity index (χ4n) is 4.54. The highest BCUT2D eigenvalue weighted by Gasteiger charge is 2.39. The highest BCUT2D eigenvalue weighted by molar-refractivity contribution is 7.89. The first kappa shape index (κ1) is 31.5. The summed E-state index contributed by atoms with van der Waals surface area (Å²) in [5, 5.41) is 9.86. The van der Waals surface area contributed by atoms with Crippen molar-refractivity contribution < 1.29 is 35.8 Å². The van der Waals surface area contributed by atoms with Gasteiger partial charge in [-0.1, -0.05) is 37.0 Å². The van der Waals surface area contributed by atoms with Crippen LogP contribution in [0.25, 0.3) is 0 Å². The van der Waals surface area contributed by atoms with Gasteiger partial charge in [0, 0.05) is 36.7 Å². The molecule has 0 spiro atoms. The second kappa shape index (κ2) is 12.8. The summed E-state index contributed by atoms with van der Waals surface area (Å²) >= 11 is 0. The number of rotatable bonds is 7. The third kappa shape index (κ3) is 6.61. The lowest BCUT2D eigenvalue weighted by molar-refractivity contribution is 0.0904. The van der Waals surface area contributed by atoms with Crippen LogP contribution in [0.4, 0.5) is 4.39 Å². The molecule has 1 N–H and O–H groups in total. The number of aliphatic hydroxyl groups is 1. The number of likely N-dealkylation sites (N-methyl/N-ethyl adjacent to an activating group) is 1. The molecular weight excluding hydrogens is 583 g/mol. The molecule has 3 atom stereocenters. The quantitative estimate of drug-likeness (QED) is 0.405. The van der Waals surface area contributed by atoms with Crippen LogP contribution < -0.4 is 9.47 Å². The standard InChI is InChI=1S/C30H33FN2O7S2/c1-21-18-33(22(2)20-34)42(37,38)30-15-14-24(13-12-23-8-7-9-25(16-23)39-4)17-27(30)40-28(21)19-32(3)41(35,36)29-11-6-5-10-26(29)31/h5-11,14-17,21-22,28,34H,18-20H2,1-4H3/t21-,22+,28+/m0/s1. The van der Waals surface area contributed by atoms with E-state index in [2.05, 4.69) is 11.8 Å². The van der Waals surface area contributed by atoms with Crippen molar-refractivity contribution in [1.29, 1.82) is 0 Å². The number of hydrogen-bond acceptors (Lipinski definition) is 7. The van der Waals surface area contributed by atoms with Crippen molar-refractivity contribution >= 4 is 20.0 Å². The first-order chi connectivity index (χ1) is 19.9. The lowest BCUT2D eigenvalue weighted by atomic mass is 10.0. The molecule has 0 radical (unpaired) electrons. The lowest BCUT2D eigenvalue weighted by Gasteiger charge is -2.37. The van der Waals surface area contributed by atoms with Crippen molar-refractivity contribution in [3.05, 3.63) is 83.7 Å². The highest BCUT2D eigenvalue weighted by Crippen LogP contribution is 2.34. The average molecular weight is 617 g/mol. The van der Waals surface area contributed by atoms with Crippen LogP contribution in [0.15, 0.2) is 76.5 Å². The number of fused-ring (bicyclic) bond motifs is 1. The summed E-state index contributed by atoms with van der Waals surface area (Å²) in [6.45, 7) is 2.67. The fraction of sp³-hybridized carbons (Fsp3) is 0.333. The van der Waals surface area contributed by atoms with E-state index in [1.807, 2.05) is 6.07 Å². The van der Waals surface area contributed by atoms with Gasteiger partial charge in [0.05, 0.1) is 20.3 Å². The van der Waals surface area contributed by atoms with Crippen molar-refractivity contribution in [2.24, 2.45) is 5.92 Å². The van der Waals surface area contributed by atoms with Crippen molar-refractivity contribution in [2.45, 2.75) is 35.8 Å². The summed E-state index contributed by atoms with van der Waals surface area (Å²) in [5.41, 5.74) is 1.15. The Kier molecular flexibility index (Phi) is 9.60. The maximum atomic E-state index is 14.4. The Morgan fingerprint density at radius 2 is 1.81 bits per heavy atom. The first-order valence-corrected chi connectivity index (χ1v) is 16.1. The maximum Gasteiger partial charge on any atom is 0.247 e. The number of hydrogen-bond donors (Lipinski definition) is 1. The Morgan fingerprint density at radius 3 is 2.48 bits per heavy atom. The second-order valence-corrected chi connectivity index (χ2v) is 14.0. The zero-order valence-electron chi connectivity index (χ0n) is 23.7. The molecule has 0 aliphatic carbocycles. The van der Waals surface area contributed by atoms with Gasteiger partial charge < -0.3 is 14.6 Å². The monoisotopic (exact) mass is 616 g/mol. The number of halogens is 1. The molecule has 4 rings (SSSR count). The highest BCUT2D eigenvalue weighted by atomic mass is 32.2. The smallest absolute Gasteiger partial charge is 0.247 e. The van der Waals surface area contributed by atoms with Crippen LogP contribution >= 0.6 is 0 Å². The predicted molar refractivity (Wildman–Crippen MR) is 156 cm³/mol. The zero-order valence-corrected chi connectivity index (χ0v) is 25.3. The number of benzene rings is 3. The van der Waals surface area contributed by atoms with Gasteiger partial charge in [-0.05, 0) is 55.5 Å². The van der Waals surface area contributed by atoms with Crippen molar-refractivity contribution in [1.82, 2.24) is 8.61 Å². The minimum Gasteiger partial charge on any atom is -0.497 e. The van der Waals surface area contributed by atoms with E-state index >= 15 is 0 Å². The molecule has 1 aliphatic heterocycles. The Hall–Kier alpha value is -3.47. The van der Waals surface area contributed by atoms with E-state index in [1.165, 1.54) is 41.7 Å². The molecule has 1 aliphatic rings. The number of nitrogens with zero attached hydrogens (tertiary/aromatic N) is 2. The number of sulfonamides is 2. The van der Waals surface area contributed by atoms with Crippen LogP contribution in [0.3, 0.4) is 0 Å². The van der Waals surface area contributed by atoms with Crippen LogP contribution in [0, 0.1) is 23.6 Å². The molecule has 0 saturated carbocycles. The molecule has 0 aromatic heterocycles. The fourth-order valence-corrected chi connectivity index (χ4v) is 7.61. The molecule has 0 saturated heterocycles. The molecule has 0 unspecified atom stereocenters. The van der Waals surface area contributed by atoms with Gasteiger partial charge in [-0.3, -0.25) is 0 Å². The number of ether oxygens (including phenoxy) is 2. The molecule has 3 aromatic carbocycles. The molecule has 12 heteroatoms. The van der Waals surface area contributed by atoms with Gasteiger partial charge in [0.25, 0.3) is 0 Å². The van der Waals surface area contributed by atoms with E-state index < -0.39 is 55.4 Å². The van der Waals surface area contributed by atoms with Gasteiger partial charge in [-0.2, -0.15) is 8.61 Å². The molecule has 42 heavy (non-hydrogen) atoms. The van der Waals surface area contributed by atoms with Crippen molar-refractivity contribution in [3.8, 4) is 23.3 Å². The van der Waals surface area contributed by atoms with E-state index in [0.717, 1.165) is 10.4 Å². The normalized spacial score (nSPS) is 19.4. The molecule has 0 amide bonds. The Labute approximate surface area is 246 Å². The third-order valence-electron chi connectivity index (χ3n) is 7.05. The largest absolute Gasteiger partial charge is 0.497 e. The molecule has 0 bridgehead atoms. The van der Waals surface area contributed by atoms with E-state index in [9.17, 15) is 26.3 Å². The molecule has 0 fully saturated rings. The topological polar surface area (TPSA) is 113 Å². The van der Waals surface area contributed by atoms with Gasteiger partial charge >= 0.3 is 0 Å². The Bertz CT molecular complexity index is 1720. The first-order valence-electron chi connectivity index (χ1n) is 13.2. The van der Waals surface area contributed by atoms with Gasteiger partial charge in [0.2, 0.25) is 20.0 Å². The van der Waals surface area contributed by atoms with Gasteiger partial charge in [-0.25, -0.2) is 21.2 Å². The molecular formula is C30H33FN2O7S2. The van der Waals surface area contributed by atoms with Crippen LogP contribution in [0.5, 0.6) is 11.5 Å². The predicted octanol–water partition coefficient (Wildman–Crippen LogP) is 3.32. The summed E-state index contributed by atoms with van der Waals surface area (Å²) in [4.78, 5) is -0.606. The third-order valence-corrected chi connectivity index (χ3v) is 10.9. The molecule has 224 valence electrons. The van der Waals surface area contributed by atoms with E-state index in [0.29, 0.717) is 16.9 Å². The number of aliphatic hydroxyl groups excluding tert-OH is 1. The summed E-state index contributed by atoms with van der Waals surface area (Å²) in [7, 11) is -5.46. The van der Waals surface area contributed by atoms with Crippen molar-refractivity contribution in [3.63, 3.8) is 0 Å². The minimum atomic E-state index is -4.23. The van der Waals surface area contributed by atoms with E-state index in [-0.39, 0.29) is 23.7 Å². The molecule has 9 nitrogen and oxygen atoms in total. The van der Waals surface area contributed by atoms with Crippen LogP contribution in [0.2, 0.25) is 0 Å². The Balaban J connectivity index is 1.75. The molecule has 1 heterocycles. The van der Waals surface area contributed by atoms with Gasteiger partial charge in [0.15, 0.2) is 0 Å². The van der Waals surface area contributed by atoms with E-state index in [4.69, 9.17) is 9.47 Å². The van der Waals surface area contributed by atoms with Gasteiger partial charge in [-0.15, -0.1) is 0 Å². The average Bonchev–Trinajstić information content (AvgIpc) is 2.97. The lowest BCUT2D eigenvalue weighted by Crippen LogP contribution is -2.50. The summed E-state index contributed by atoms with van der Waals surface area (Å²) in [6, 6.07) is 15.9. The summed E-state index contributed by atoms with van der Waals surface area (Å²) in [5.74, 6) is 5.26. The second-order valence-electron chi connectivity index (χ2n) is 10.1. The maximum absolute atomic E-state index is 14.4. The zero-order chi connectivity index (χ0) is 30.7. The van der Waals surface area contributed by atoms with Crippen LogP contribution in [-0.2, 0) is 20.0 Å². The SMILES string of the molecule is COc1cccc(C#Cc2ccc3c(c2)O[C@H](CN(C)S(=O)(=O)c2ccccc2F)[C@@H](C)CN([C@H](C)CO)S3(=O)=O)c1. The number of methoxy groups -OCH3 is 1. The van der Waals surface area contributed by atoms with E-state index in [1.54, 1.807) is 45.2 Å². The summed E-state index contributed by atoms with van der Waals surface area (Å²) < 4.78 is 82.0. The Morgan fingerprint density at radius 1 is 1.12 bits per heavy atom. The minimum absolute atomic E-state index is 0.00387. The van der Waals surface area contributed by atoms with Crippen LogP contribution in [-0.4, -0.2) is 76.6 Å². The van der Waals surface area contributed by atoms with Crippen molar-refractivity contribution in [2.75, 3.05) is 33.9 Å². The van der Waals surface area contributed by atoms with Gasteiger partial charge in [0.1, 0.15) is 33.2 Å². The van der Waals surface area contributed by atoms with Crippen LogP contribution in [0.1, 0.15) is 25.0 Å². The summed E-state index contributed by atoms with van der Waals surface area (Å²) in [6.07, 6.45) is -0.833.